The highest BCUT2D eigenvalue weighted by Gasteiger charge is 2.47. The molecule has 1 N–H and O–H groups in total. The molecular formula is C25H33F2NO. The van der Waals surface area contributed by atoms with Gasteiger partial charge in [0.25, 0.3) is 0 Å². The molecular weight excluding hydrogens is 368 g/mol. The first-order chi connectivity index (χ1) is 14.0. The summed E-state index contributed by atoms with van der Waals surface area (Å²) < 4.78 is 30.5. The molecule has 0 bridgehead atoms. The highest BCUT2D eigenvalue weighted by atomic mass is 19.3. The minimum absolute atomic E-state index is 0.0795. The van der Waals surface area contributed by atoms with Crippen LogP contribution in [0.2, 0.25) is 0 Å². The van der Waals surface area contributed by atoms with Crippen molar-refractivity contribution in [2.45, 2.75) is 76.8 Å². The normalized spacial score (nSPS) is 13.8. The number of carbonyl (C=O) groups is 1. The predicted octanol–water partition coefficient (Wildman–Crippen LogP) is 7.03. The molecule has 0 aliphatic rings. The van der Waals surface area contributed by atoms with Gasteiger partial charge < -0.3 is 0 Å². The maximum atomic E-state index is 15.3. The van der Waals surface area contributed by atoms with Crippen molar-refractivity contribution in [3.63, 3.8) is 0 Å². The molecule has 29 heavy (non-hydrogen) atoms. The van der Waals surface area contributed by atoms with Gasteiger partial charge in [-0.05, 0) is 24.5 Å². The highest BCUT2D eigenvalue weighted by molar-refractivity contribution is 5.86. The molecule has 2 rings (SSSR count). The third kappa shape index (κ3) is 7.04. The van der Waals surface area contributed by atoms with Crippen LogP contribution in [0.15, 0.2) is 60.7 Å². The smallest absolute Gasteiger partial charge is 0.298 e. The Hall–Kier alpha value is -2.07. The van der Waals surface area contributed by atoms with E-state index in [1.54, 1.807) is 30.3 Å². The van der Waals surface area contributed by atoms with E-state index in [2.05, 4.69) is 12.2 Å². The maximum absolute atomic E-state index is 15.3. The molecule has 0 aliphatic heterocycles. The van der Waals surface area contributed by atoms with Crippen molar-refractivity contribution in [1.82, 2.24) is 5.32 Å². The molecule has 0 heterocycles. The van der Waals surface area contributed by atoms with Crippen molar-refractivity contribution in [3.8, 4) is 0 Å². The number of rotatable bonds is 13. The van der Waals surface area contributed by atoms with Gasteiger partial charge in [0.1, 0.15) is 6.04 Å². The van der Waals surface area contributed by atoms with Crippen LogP contribution in [0.25, 0.3) is 0 Å². The minimum atomic E-state index is -3.46. The lowest BCUT2D eigenvalue weighted by molar-refractivity contribution is -0.148. The Morgan fingerprint density at radius 2 is 1.38 bits per heavy atom. The van der Waals surface area contributed by atoms with Gasteiger partial charge in [0.15, 0.2) is 0 Å². The molecule has 0 saturated carbocycles. The van der Waals surface area contributed by atoms with Crippen LogP contribution in [0.5, 0.6) is 0 Å². The van der Waals surface area contributed by atoms with Crippen molar-refractivity contribution >= 4 is 5.78 Å². The SMILES string of the molecule is CCCCCCCCC(=O)C(F)(F)C(N[C@H](C)c1ccccc1)c1ccccc1. The van der Waals surface area contributed by atoms with E-state index in [1.807, 2.05) is 37.3 Å². The lowest BCUT2D eigenvalue weighted by Gasteiger charge is -2.30. The van der Waals surface area contributed by atoms with Crippen LogP contribution in [0.4, 0.5) is 8.78 Å². The highest BCUT2D eigenvalue weighted by Crippen LogP contribution is 2.35. The molecule has 0 fully saturated rings. The molecule has 4 heteroatoms. The Morgan fingerprint density at radius 1 is 0.862 bits per heavy atom. The van der Waals surface area contributed by atoms with E-state index in [1.165, 1.54) is 0 Å². The number of unbranched alkanes of at least 4 members (excludes halogenated alkanes) is 5. The zero-order chi connectivity index (χ0) is 21.1. The topological polar surface area (TPSA) is 29.1 Å². The molecule has 0 aromatic heterocycles. The van der Waals surface area contributed by atoms with Crippen LogP contribution in [0, 0.1) is 0 Å². The number of Topliss-reactive ketones (excluding diaryl/α,β-unsaturated/α-hetero) is 1. The van der Waals surface area contributed by atoms with E-state index in [4.69, 9.17) is 0 Å². The first kappa shape index (κ1) is 23.2. The molecule has 0 saturated heterocycles. The van der Waals surface area contributed by atoms with Crippen LogP contribution in [0.3, 0.4) is 0 Å². The summed E-state index contributed by atoms with van der Waals surface area (Å²) in [5.74, 6) is -4.44. The number of benzene rings is 2. The standard InChI is InChI=1S/C25H33F2NO/c1-3-4-5-6-7-14-19-23(29)25(26,27)24(22-17-12-9-13-18-22)28-20(2)21-15-10-8-11-16-21/h8-13,15-18,20,24,28H,3-7,14,19H2,1-2H3/t20-,24?/m1/s1. The molecule has 2 aromatic rings. The lowest BCUT2D eigenvalue weighted by atomic mass is 9.93. The van der Waals surface area contributed by atoms with Crippen molar-refractivity contribution < 1.29 is 13.6 Å². The van der Waals surface area contributed by atoms with Gasteiger partial charge >= 0.3 is 5.92 Å². The van der Waals surface area contributed by atoms with E-state index >= 15 is 8.78 Å². The molecule has 0 spiro atoms. The second-order valence-corrected chi connectivity index (χ2v) is 7.71. The monoisotopic (exact) mass is 401 g/mol. The lowest BCUT2D eigenvalue weighted by Crippen LogP contribution is -2.44. The summed E-state index contributed by atoms with van der Waals surface area (Å²) in [6.45, 7) is 3.98. The second kappa shape index (κ2) is 11.8. The predicted molar refractivity (Wildman–Crippen MR) is 115 cm³/mol. The van der Waals surface area contributed by atoms with Crippen molar-refractivity contribution in [3.05, 3.63) is 71.8 Å². The Morgan fingerprint density at radius 3 is 1.97 bits per heavy atom. The molecule has 158 valence electrons. The van der Waals surface area contributed by atoms with Gasteiger partial charge in [0.05, 0.1) is 0 Å². The van der Waals surface area contributed by atoms with E-state index < -0.39 is 17.7 Å². The van der Waals surface area contributed by atoms with Crippen molar-refractivity contribution in [1.29, 1.82) is 0 Å². The van der Waals surface area contributed by atoms with E-state index in [9.17, 15) is 4.79 Å². The molecule has 0 radical (unpaired) electrons. The second-order valence-electron chi connectivity index (χ2n) is 7.71. The van der Waals surface area contributed by atoms with Crippen molar-refractivity contribution in [2.24, 2.45) is 0 Å². The van der Waals surface area contributed by atoms with Crippen LogP contribution in [0.1, 0.15) is 82.0 Å². The van der Waals surface area contributed by atoms with Crippen LogP contribution in [-0.4, -0.2) is 11.7 Å². The number of hydrogen-bond donors (Lipinski definition) is 1. The molecule has 0 aliphatic carbocycles. The third-order valence-corrected chi connectivity index (χ3v) is 5.34. The van der Waals surface area contributed by atoms with E-state index in [0.717, 1.165) is 37.7 Å². The quantitative estimate of drug-likeness (QED) is 0.365. The first-order valence-electron chi connectivity index (χ1n) is 10.7. The first-order valence-corrected chi connectivity index (χ1v) is 10.7. The number of alkyl halides is 2. The van der Waals surface area contributed by atoms with E-state index in [0.29, 0.717) is 12.0 Å². The number of nitrogens with one attached hydrogen (secondary N) is 1. The Labute approximate surface area is 173 Å². The summed E-state index contributed by atoms with van der Waals surface area (Å²) in [6.07, 6.45) is 5.66. The fraction of sp³-hybridized carbons (Fsp3) is 0.480. The van der Waals surface area contributed by atoms with Gasteiger partial charge in [-0.3, -0.25) is 10.1 Å². The maximum Gasteiger partial charge on any atom is 0.324 e. The van der Waals surface area contributed by atoms with Gasteiger partial charge in [0, 0.05) is 12.5 Å². The zero-order valence-corrected chi connectivity index (χ0v) is 17.5. The summed E-state index contributed by atoms with van der Waals surface area (Å²) in [5.41, 5.74) is 1.34. The zero-order valence-electron chi connectivity index (χ0n) is 17.5. The fourth-order valence-corrected chi connectivity index (χ4v) is 3.54. The number of hydrogen-bond acceptors (Lipinski definition) is 2. The Kier molecular flexibility index (Phi) is 9.46. The number of halogens is 2. The molecule has 0 amide bonds. The minimum Gasteiger partial charge on any atom is -0.298 e. The fourth-order valence-electron chi connectivity index (χ4n) is 3.54. The van der Waals surface area contributed by atoms with Gasteiger partial charge in [-0.1, -0.05) is 99.7 Å². The summed E-state index contributed by atoms with van der Waals surface area (Å²) >= 11 is 0. The largest absolute Gasteiger partial charge is 0.324 e. The summed E-state index contributed by atoms with van der Waals surface area (Å²) in [6, 6.07) is 16.3. The summed E-state index contributed by atoms with van der Waals surface area (Å²) in [4.78, 5) is 12.5. The number of ketones is 1. The summed E-state index contributed by atoms with van der Waals surface area (Å²) in [7, 11) is 0. The van der Waals surface area contributed by atoms with Crippen molar-refractivity contribution in [2.75, 3.05) is 0 Å². The van der Waals surface area contributed by atoms with Crippen LogP contribution >= 0.6 is 0 Å². The van der Waals surface area contributed by atoms with Gasteiger partial charge in [-0.15, -0.1) is 0 Å². The Bertz CT molecular complexity index is 718. The summed E-state index contributed by atoms with van der Waals surface area (Å²) in [5, 5.41) is 3.02. The van der Waals surface area contributed by atoms with Gasteiger partial charge in [0.2, 0.25) is 5.78 Å². The number of carbonyl (C=O) groups excluding carboxylic acids is 1. The van der Waals surface area contributed by atoms with E-state index in [-0.39, 0.29) is 12.5 Å². The van der Waals surface area contributed by atoms with Gasteiger partial charge in [-0.2, -0.15) is 8.78 Å². The van der Waals surface area contributed by atoms with Crippen LogP contribution in [-0.2, 0) is 4.79 Å². The molecule has 1 unspecified atom stereocenters. The third-order valence-electron chi connectivity index (χ3n) is 5.34. The van der Waals surface area contributed by atoms with Crippen LogP contribution < -0.4 is 5.32 Å². The average molecular weight is 402 g/mol. The average Bonchev–Trinajstić information content (AvgIpc) is 2.75. The molecule has 2 atom stereocenters. The molecule has 2 aromatic carbocycles. The van der Waals surface area contributed by atoms with Gasteiger partial charge in [-0.25, -0.2) is 0 Å². The molecule has 2 nitrogen and oxygen atoms in total. The Balaban J connectivity index is 2.09.